The molecule has 0 aliphatic rings. The van der Waals surface area contributed by atoms with Gasteiger partial charge in [0.2, 0.25) is 0 Å². The maximum atomic E-state index is 2.48. The Balaban J connectivity index is 3.42. The third-order valence-corrected chi connectivity index (χ3v) is 6.42. The van der Waals surface area contributed by atoms with Crippen molar-refractivity contribution in [2.75, 3.05) is 14.1 Å². The highest BCUT2D eigenvalue weighted by atomic mass is 15.1. The Morgan fingerprint density at radius 1 is 0.483 bits per heavy atom. The van der Waals surface area contributed by atoms with Crippen LogP contribution in [-0.2, 0) is 0 Å². The molecule has 0 amide bonds. The minimum Gasteiger partial charge on any atom is -0.306 e. The van der Waals surface area contributed by atoms with Gasteiger partial charge >= 0.3 is 0 Å². The normalized spacial score (nSPS) is 13.0. The van der Waals surface area contributed by atoms with E-state index in [0.29, 0.717) is 0 Å². The zero-order valence-corrected chi connectivity index (χ0v) is 21.0. The summed E-state index contributed by atoms with van der Waals surface area (Å²) >= 11 is 0. The first-order valence-corrected chi connectivity index (χ1v) is 13.5. The third-order valence-electron chi connectivity index (χ3n) is 6.42. The number of nitrogens with zero attached hydrogens (tertiary/aromatic N) is 1. The average molecular weight is 408 g/mol. The Morgan fingerprint density at radius 3 is 1.24 bits per heavy atom. The van der Waals surface area contributed by atoms with Crippen molar-refractivity contribution in [3.05, 3.63) is 12.2 Å². The predicted molar refractivity (Wildman–Crippen MR) is 135 cm³/mol. The van der Waals surface area contributed by atoms with Crippen LogP contribution in [0.15, 0.2) is 12.2 Å². The van der Waals surface area contributed by atoms with Crippen LogP contribution in [0.3, 0.4) is 0 Å². The molecule has 1 unspecified atom stereocenters. The number of hydrogen-bond acceptors (Lipinski definition) is 1. The molecule has 0 bridgehead atoms. The minimum atomic E-state index is 0.815. The summed E-state index contributed by atoms with van der Waals surface area (Å²) in [5.41, 5.74) is 0. The standard InChI is InChI=1S/C28H57N/c1-5-7-9-11-13-14-15-16-17-18-19-20-21-23-25-27-28(29(3)4)26-24-22-12-10-8-6-2/h14-15,28H,5-13,16-27H2,1-4H3/b15-14-. The first-order valence-electron chi connectivity index (χ1n) is 13.5. The minimum absolute atomic E-state index is 0.815. The Kier molecular flexibility index (Phi) is 23.7. The van der Waals surface area contributed by atoms with Crippen LogP contribution in [0.2, 0.25) is 0 Å². The summed E-state index contributed by atoms with van der Waals surface area (Å²) in [5.74, 6) is 0. The summed E-state index contributed by atoms with van der Waals surface area (Å²) in [7, 11) is 4.56. The number of unbranched alkanes of at least 4 members (excludes halogenated alkanes) is 16. The van der Waals surface area contributed by atoms with E-state index in [1.54, 1.807) is 0 Å². The van der Waals surface area contributed by atoms with Gasteiger partial charge in [0.05, 0.1) is 0 Å². The van der Waals surface area contributed by atoms with E-state index < -0.39 is 0 Å². The third kappa shape index (κ3) is 22.2. The van der Waals surface area contributed by atoms with E-state index in [4.69, 9.17) is 0 Å². The molecule has 29 heavy (non-hydrogen) atoms. The van der Waals surface area contributed by atoms with Crippen LogP contribution < -0.4 is 0 Å². The lowest BCUT2D eigenvalue weighted by Gasteiger charge is -2.24. The van der Waals surface area contributed by atoms with Gasteiger partial charge in [0.25, 0.3) is 0 Å². The Morgan fingerprint density at radius 2 is 0.828 bits per heavy atom. The molecule has 1 nitrogen and oxygen atoms in total. The highest BCUT2D eigenvalue weighted by molar-refractivity contribution is 4.81. The van der Waals surface area contributed by atoms with Gasteiger partial charge in [-0.05, 0) is 52.6 Å². The Bertz CT molecular complexity index is 320. The summed E-state index contributed by atoms with van der Waals surface area (Å²) in [5, 5.41) is 0. The van der Waals surface area contributed by atoms with Gasteiger partial charge in [0.1, 0.15) is 0 Å². The second-order valence-corrected chi connectivity index (χ2v) is 9.55. The molecule has 0 aromatic rings. The Labute approximate surface area is 186 Å². The summed E-state index contributed by atoms with van der Waals surface area (Å²) in [6, 6.07) is 0.815. The zero-order chi connectivity index (χ0) is 21.4. The van der Waals surface area contributed by atoms with Gasteiger partial charge < -0.3 is 4.90 Å². The van der Waals surface area contributed by atoms with E-state index in [2.05, 4.69) is 45.0 Å². The van der Waals surface area contributed by atoms with Crippen molar-refractivity contribution >= 4 is 0 Å². The molecule has 0 fully saturated rings. The van der Waals surface area contributed by atoms with Gasteiger partial charge in [-0.1, -0.05) is 122 Å². The van der Waals surface area contributed by atoms with Gasteiger partial charge in [-0.25, -0.2) is 0 Å². The second kappa shape index (κ2) is 24.0. The quantitative estimate of drug-likeness (QED) is 0.120. The maximum Gasteiger partial charge on any atom is 0.00891 e. The second-order valence-electron chi connectivity index (χ2n) is 9.55. The fourth-order valence-electron chi connectivity index (χ4n) is 4.27. The van der Waals surface area contributed by atoms with E-state index in [9.17, 15) is 0 Å². The largest absolute Gasteiger partial charge is 0.306 e. The molecule has 0 radical (unpaired) electrons. The zero-order valence-electron chi connectivity index (χ0n) is 21.0. The SMILES string of the molecule is CCCCCC/C=C\CCCCCCCCCC(CCCCCCCC)N(C)C. The summed E-state index contributed by atoms with van der Waals surface area (Å²) in [6.45, 7) is 4.59. The number of hydrogen-bond donors (Lipinski definition) is 0. The Hall–Kier alpha value is -0.300. The molecule has 1 heteroatoms. The van der Waals surface area contributed by atoms with Gasteiger partial charge in [-0.15, -0.1) is 0 Å². The molecule has 0 saturated heterocycles. The lowest BCUT2D eigenvalue weighted by atomic mass is 9.99. The number of allylic oxidation sites excluding steroid dienone is 2. The molecule has 0 N–H and O–H groups in total. The van der Waals surface area contributed by atoms with E-state index in [1.807, 2.05) is 0 Å². The van der Waals surface area contributed by atoms with Gasteiger partial charge in [-0.2, -0.15) is 0 Å². The van der Waals surface area contributed by atoms with Gasteiger partial charge in [0, 0.05) is 6.04 Å². The van der Waals surface area contributed by atoms with Crippen LogP contribution in [-0.4, -0.2) is 25.0 Å². The van der Waals surface area contributed by atoms with E-state index in [1.165, 1.54) is 135 Å². The highest BCUT2D eigenvalue weighted by Crippen LogP contribution is 2.17. The van der Waals surface area contributed by atoms with Crippen LogP contribution in [0, 0.1) is 0 Å². The summed E-state index contributed by atoms with van der Waals surface area (Å²) in [4.78, 5) is 2.48. The lowest BCUT2D eigenvalue weighted by Crippen LogP contribution is -2.27. The van der Waals surface area contributed by atoms with Crippen LogP contribution in [0.4, 0.5) is 0 Å². The lowest BCUT2D eigenvalue weighted by molar-refractivity contribution is 0.251. The molecule has 0 aromatic heterocycles. The van der Waals surface area contributed by atoms with Crippen molar-refractivity contribution in [2.45, 2.75) is 155 Å². The molecule has 0 rings (SSSR count). The molecule has 0 heterocycles. The van der Waals surface area contributed by atoms with Crippen molar-refractivity contribution in [3.8, 4) is 0 Å². The van der Waals surface area contributed by atoms with E-state index in [0.717, 1.165) is 6.04 Å². The van der Waals surface area contributed by atoms with Crippen molar-refractivity contribution in [1.29, 1.82) is 0 Å². The molecule has 0 spiro atoms. The van der Waals surface area contributed by atoms with Gasteiger partial charge in [-0.3, -0.25) is 0 Å². The van der Waals surface area contributed by atoms with Crippen molar-refractivity contribution in [3.63, 3.8) is 0 Å². The number of rotatable bonds is 23. The smallest absolute Gasteiger partial charge is 0.00891 e. The van der Waals surface area contributed by atoms with Crippen LogP contribution in [0.5, 0.6) is 0 Å². The molecule has 174 valence electrons. The molecule has 0 aromatic carbocycles. The van der Waals surface area contributed by atoms with Crippen molar-refractivity contribution in [2.24, 2.45) is 0 Å². The maximum absolute atomic E-state index is 2.48. The van der Waals surface area contributed by atoms with Crippen molar-refractivity contribution < 1.29 is 0 Å². The fourth-order valence-corrected chi connectivity index (χ4v) is 4.27. The van der Waals surface area contributed by atoms with E-state index in [-0.39, 0.29) is 0 Å². The summed E-state index contributed by atoms with van der Waals surface area (Å²) < 4.78 is 0. The molecule has 0 saturated carbocycles. The first-order chi connectivity index (χ1) is 14.2. The first kappa shape index (κ1) is 28.7. The van der Waals surface area contributed by atoms with Gasteiger partial charge in [0.15, 0.2) is 0 Å². The van der Waals surface area contributed by atoms with Crippen LogP contribution in [0.25, 0.3) is 0 Å². The van der Waals surface area contributed by atoms with Crippen LogP contribution in [0.1, 0.15) is 149 Å². The molecule has 0 aliphatic carbocycles. The molecular weight excluding hydrogens is 350 g/mol. The fraction of sp³-hybridized carbons (Fsp3) is 0.929. The average Bonchev–Trinajstić information content (AvgIpc) is 2.71. The monoisotopic (exact) mass is 407 g/mol. The predicted octanol–water partition coefficient (Wildman–Crippen LogP) is 9.70. The summed E-state index contributed by atoms with van der Waals surface area (Å²) in [6.07, 6.45) is 34.4. The highest BCUT2D eigenvalue weighted by Gasteiger charge is 2.10. The topological polar surface area (TPSA) is 3.24 Å². The van der Waals surface area contributed by atoms with Crippen molar-refractivity contribution in [1.82, 2.24) is 4.90 Å². The van der Waals surface area contributed by atoms with Crippen LogP contribution >= 0.6 is 0 Å². The molecular formula is C28H57N. The molecule has 1 atom stereocenters. The van der Waals surface area contributed by atoms with E-state index >= 15 is 0 Å². The molecule has 0 aliphatic heterocycles.